The van der Waals surface area contributed by atoms with Crippen molar-refractivity contribution in [2.75, 3.05) is 13.1 Å². The first-order valence-electron chi connectivity index (χ1n) is 5.16. The topological polar surface area (TPSA) is 30.5 Å². The molecule has 0 aliphatic carbocycles. The lowest BCUT2D eigenvalue weighted by atomic mass is 10.3. The number of rotatable bonds is 4. The van der Waals surface area contributed by atoms with Crippen LogP contribution < -0.4 is 14.8 Å². The van der Waals surface area contributed by atoms with Gasteiger partial charge in [-0.05, 0) is 37.2 Å². The van der Waals surface area contributed by atoms with Crippen LogP contribution in [0, 0.1) is 0 Å². The first-order chi connectivity index (χ1) is 7.74. The molecule has 1 aliphatic rings. The van der Waals surface area contributed by atoms with E-state index in [4.69, 9.17) is 4.74 Å². The lowest BCUT2D eigenvalue weighted by Gasteiger charge is -2.12. The third-order valence-corrected chi connectivity index (χ3v) is 2.37. The van der Waals surface area contributed by atoms with Crippen LogP contribution in [0.2, 0.25) is 0 Å². The number of alkyl halides is 2. The normalized spacial score (nSPS) is 20.1. The predicted octanol–water partition coefficient (Wildman–Crippen LogP) is 2.03. The summed E-state index contributed by atoms with van der Waals surface area (Å²) in [5.41, 5.74) is 0. The van der Waals surface area contributed by atoms with E-state index in [1.54, 1.807) is 12.1 Å². The van der Waals surface area contributed by atoms with Crippen LogP contribution in [-0.2, 0) is 0 Å². The Hall–Kier alpha value is -1.36. The van der Waals surface area contributed by atoms with Crippen molar-refractivity contribution in [1.82, 2.24) is 5.32 Å². The van der Waals surface area contributed by atoms with E-state index in [9.17, 15) is 8.78 Å². The molecular formula is C11H13F2NO2. The van der Waals surface area contributed by atoms with Crippen molar-refractivity contribution >= 4 is 0 Å². The summed E-state index contributed by atoms with van der Waals surface area (Å²) < 4.78 is 33.6. The molecule has 1 saturated heterocycles. The molecule has 16 heavy (non-hydrogen) atoms. The summed E-state index contributed by atoms with van der Waals surface area (Å²) in [5.74, 6) is 0.821. The van der Waals surface area contributed by atoms with Crippen LogP contribution in [0.5, 0.6) is 11.5 Å². The second-order valence-electron chi connectivity index (χ2n) is 3.58. The second kappa shape index (κ2) is 5.12. The first kappa shape index (κ1) is 11.1. The molecule has 2 rings (SSSR count). The maximum Gasteiger partial charge on any atom is 0.387 e. The minimum Gasteiger partial charge on any atom is -0.489 e. The van der Waals surface area contributed by atoms with Crippen molar-refractivity contribution < 1.29 is 18.3 Å². The van der Waals surface area contributed by atoms with Crippen molar-refractivity contribution in [3.63, 3.8) is 0 Å². The Kier molecular flexibility index (Phi) is 3.56. The standard InChI is InChI=1S/C11H13F2NO2/c12-11(13)16-9-3-1-8(2-4-9)15-10-5-6-14-7-10/h1-4,10-11,14H,5-7H2. The van der Waals surface area contributed by atoms with Gasteiger partial charge in [-0.2, -0.15) is 8.78 Å². The number of benzene rings is 1. The van der Waals surface area contributed by atoms with E-state index in [0.717, 1.165) is 19.5 Å². The molecule has 1 heterocycles. The number of halogens is 2. The Labute approximate surface area is 92.4 Å². The Morgan fingerprint density at radius 3 is 2.44 bits per heavy atom. The van der Waals surface area contributed by atoms with Crippen LogP contribution >= 0.6 is 0 Å². The van der Waals surface area contributed by atoms with E-state index < -0.39 is 6.61 Å². The second-order valence-corrected chi connectivity index (χ2v) is 3.58. The molecule has 0 amide bonds. The zero-order valence-electron chi connectivity index (χ0n) is 8.66. The van der Waals surface area contributed by atoms with Crippen molar-refractivity contribution in [3.8, 4) is 11.5 Å². The van der Waals surface area contributed by atoms with Crippen LogP contribution in [0.1, 0.15) is 6.42 Å². The summed E-state index contributed by atoms with van der Waals surface area (Å²) in [6.45, 7) is -1.00. The van der Waals surface area contributed by atoms with E-state index >= 15 is 0 Å². The molecule has 0 aromatic heterocycles. The molecular weight excluding hydrogens is 216 g/mol. The van der Waals surface area contributed by atoms with E-state index in [1.165, 1.54) is 12.1 Å². The smallest absolute Gasteiger partial charge is 0.387 e. The van der Waals surface area contributed by atoms with Crippen LogP contribution in [0.4, 0.5) is 8.78 Å². The summed E-state index contributed by atoms with van der Waals surface area (Å²) in [5, 5.41) is 3.18. The fourth-order valence-corrected chi connectivity index (χ4v) is 1.62. The van der Waals surface area contributed by atoms with Crippen LogP contribution in [0.3, 0.4) is 0 Å². The molecule has 1 aliphatic heterocycles. The third kappa shape index (κ3) is 3.06. The van der Waals surface area contributed by atoms with E-state index in [1.807, 2.05) is 0 Å². The lowest BCUT2D eigenvalue weighted by molar-refractivity contribution is -0.0498. The largest absolute Gasteiger partial charge is 0.489 e. The molecule has 1 N–H and O–H groups in total. The molecule has 0 radical (unpaired) electrons. The summed E-state index contributed by atoms with van der Waals surface area (Å²) in [4.78, 5) is 0. The summed E-state index contributed by atoms with van der Waals surface area (Å²) in [6, 6.07) is 6.22. The molecule has 1 fully saturated rings. The predicted molar refractivity (Wildman–Crippen MR) is 55.0 cm³/mol. The molecule has 0 saturated carbocycles. The summed E-state index contributed by atoms with van der Waals surface area (Å²) >= 11 is 0. The maximum atomic E-state index is 11.9. The Morgan fingerprint density at radius 1 is 1.19 bits per heavy atom. The zero-order chi connectivity index (χ0) is 11.4. The van der Waals surface area contributed by atoms with Crippen molar-refractivity contribution in [3.05, 3.63) is 24.3 Å². The average Bonchev–Trinajstić information content (AvgIpc) is 2.73. The van der Waals surface area contributed by atoms with Crippen LogP contribution in [0.15, 0.2) is 24.3 Å². The monoisotopic (exact) mass is 229 g/mol. The highest BCUT2D eigenvalue weighted by molar-refractivity contribution is 5.31. The highest BCUT2D eigenvalue weighted by Crippen LogP contribution is 2.21. The molecule has 5 heteroatoms. The molecule has 0 bridgehead atoms. The van der Waals surface area contributed by atoms with Gasteiger partial charge in [0.2, 0.25) is 0 Å². The highest BCUT2D eigenvalue weighted by Gasteiger charge is 2.15. The van der Waals surface area contributed by atoms with E-state index in [0.29, 0.717) is 5.75 Å². The van der Waals surface area contributed by atoms with Gasteiger partial charge in [0, 0.05) is 6.54 Å². The third-order valence-electron chi connectivity index (χ3n) is 2.37. The lowest BCUT2D eigenvalue weighted by Crippen LogP contribution is -2.19. The minimum atomic E-state index is -2.79. The molecule has 1 atom stereocenters. The van der Waals surface area contributed by atoms with Gasteiger partial charge < -0.3 is 14.8 Å². The van der Waals surface area contributed by atoms with Gasteiger partial charge in [-0.15, -0.1) is 0 Å². The average molecular weight is 229 g/mol. The zero-order valence-corrected chi connectivity index (χ0v) is 8.66. The molecule has 3 nitrogen and oxygen atoms in total. The van der Waals surface area contributed by atoms with Crippen molar-refractivity contribution in [1.29, 1.82) is 0 Å². The molecule has 0 spiro atoms. The Balaban J connectivity index is 1.90. The van der Waals surface area contributed by atoms with Gasteiger partial charge in [-0.25, -0.2) is 0 Å². The van der Waals surface area contributed by atoms with E-state index in [-0.39, 0.29) is 11.9 Å². The number of hydrogen-bond donors (Lipinski definition) is 1. The fraction of sp³-hybridized carbons (Fsp3) is 0.455. The molecule has 1 aromatic carbocycles. The quantitative estimate of drug-likeness (QED) is 0.856. The molecule has 1 unspecified atom stereocenters. The number of ether oxygens (including phenoxy) is 2. The first-order valence-corrected chi connectivity index (χ1v) is 5.16. The van der Waals surface area contributed by atoms with Gasteiger partial charge in [0.15, 0.2) is 0 Å². The highest BCUT2D eigenvalue weighted by atomic mass is 19.3. The van der Waals surface area contributed by atoms with Crippen LogP contribution in [0.25, 0.3) is 0 Å². The van der Waals surface area contributed by atoms with Gasteiger partial charge in [-0.1, -0.05) is 0 Å². The number of nitrogens with one attached hydrogen (secondary N) is 1. The summed E-state index contributed by atoms with van der Waals surface area (Å²) in [6.07, 6.45) is 1.14. The van der Waals surface area contributed by atoms with Gasteiger partial charge in [-0.3, -0.25) is 0 Å². The van der Waals surface area contributed by atoms with Gasteiger partial charge in [0.25, 0.3) is 0 Å². The van der Waals surface area contributed by atoms with Crippen molar-refractivity contribution in [2.24, 2.45) is 0 Å². The molecule has 1 aromatic rings. The van der Waals surface area contributed by atoms with Crippen LogP contribution in [-0.4, -0.2) is 25.8 Å². The van der Waals surface area contributed by atoms with Gasteiger partial charge in [0.05, 0.1) is 0 Å². The van der Waals surface area contributed by atoms with Gasteiger partial charge >= 0.3 is 6.61 Å². The SMILES string of the molecule is FC(F)Oc1ccc(OC2CCNC2)cc1. The van der Waals surface area contributed by atoms with Crippen molar-refractivity contribution in [2.45, 2.75) is 19.1 Å². The summed E-state index contributed by atoms with van der Waals surface area (Å²) in [7, 11) is 0. The minimum absolute atomic E-state index is 0.145. The Morgan fingerprint density at radius 2 is 1.88 bits per heavy atom. The fourth-order valence-electron chi connectivity index (χ4n) is 1.62. The molecule has 88 valence electrons. The number of hydrogen-bond acceptors (Lipinski definition) is 3. The Bertz CT molecular complexity index is 323. The maximum absolute atomic E-state index is 11.9. The van der Waals surface area contributed by atoms with Gasteiger partial charge in [0.1, 0.15) is 17.6 Å². The van der Waals surface area contributed by atoms with E-state index in [2.05, 4.69) is 10.1 Å².